The van der Waals surface area contributed by atoms with Gasteiger partial charge in [-0.25, -0.2) is 9.97 Å². The van der Waals surface area contributed by atoms with Crippen molar-refractivity contribution >= 4 is 17.2 Å². The maximum Gasteiger partial charge on any atom is 0.218 e. The largest absolute Gasteiger partial charge is 0.481 e. The average molecular weight is 247 g/mol. The van der Waals surface area contributed by atoms with Gasteiger partial charge in [0.05, 0.1) is 7.11 Å². The Labute approximate surface area is 104 Å². The van der Waals surface area contributed by atoms with Crippen LogP contribution in [0.25, 0.3) is 0 Å². The van der Waals surface area contributed by atoms with Gasteiger partial charge in [0.15, 0.2) is 0 Å². The van der Waals surface area contributed by atoms with Gasteiger partial charge >= 0.3 is 0 Å². The van der Waals surface area contributed by atoms with Crippen LogP contribution in [0.1, 0.15) is 10.4 Å². The van der Waals surface area contributed by atoms with Crippen LogP contribution in [0.5, 0.6) is 5.88 Å². The normalized spacial score (nSPS) is 14.5. The van der Waals surface area contributed by atoms with E-state index in [1.54, 1.807) is 13.4 Å². The molecule has 3 rings (SSSR count). The minimum atomic E-state index is 0.617. The Morgan fingerprint density at radius 3 is 3.24 bits per heavy atom. The molecule has 0 saturated heterocycles. The predicted octanol–water partition coefficient (Wildman–Crippen LogP) is 2.11. The molecule has 0 amide bonds. The highest BCUT2D eigenvalue weighted by molar-refractivity contribution is 7.10. The van der Waals surface area contributed by atoms with Crippen molar-refractivity contribution in [3.05, 3.63) is 34.3 Å². The third kappa shape index (κ3) is 1.98. The number of methoxy groups -OCH3 is 1. The molecule has 0 spiro atoms. The van der Waals surface area contributed by atoms with E-state index in [1.807, 2.05) is 17.4 Å². The Bertz CT molecular complexity index is 526. The first-order chi connectivity index (χ1) is 8.36. The second-order valence-electron chi connectivity index (χ2n) is 3.96. The molecule has 0 radical (unpaired) electrons. The van der Waals surface area contributed by atoms with Gasteiger partial charge in [0, 0.05) is 24.0 Å². The molecule has 2 aromatic rings. The van der Waals surface area contributed by atoms with Gasteiger partial charge in [0.25, 0.3) is 0 Å². The minimum Gasteiger partial charge on any atom is -0.481 e. The number of fused-ring (bicyclic) bond motifs is 1. The Morgan fingerprint density at radius 2 is 2.35 bits per heavy atom. The highest BCUT2D eigenvalue weighted by Gasteiger charge is 2.18. The molecule has 3 heterocycles. The summed E-state index contributed by atoms with van der Waals surface area (Å²) in [6.07, 6.45) is 2.65. The van der Waals surface area contributed by atoms with Crippen LogP contribution in [0.2, 0.25) is 0 Å². The summed E-state index contributed by atoms with van der Waals surface area (Å²) in [7, 11) is 1.62. The van der Waals surface area contributed by atoms with Crippen LogP contribution in [-0.4, -0.2) is 23.6 Å². The van der Waals surface area contributed by atoms with Gasteiger partial charge in [-0.05, 0) is 23.4 Å². The van der Waals surface area contributed by atoms with E-state index in [9.17, 15) is 0 Å². The van der Waals surface area contributed by atoms with Crippen LogP contribution in [-0.2, 0) is 13.0 Å². The Kier molecular flexibility index (Phi) is 2.68. The second-order valence-corrected chi connectivity index (χ2v) is 4.96. The second kappa shape index (κ2) is 4.33. The fraction of sp³-hybridized carbons (Fsp3) is 0.333. The van der Waals surface area contributed by atoms with E-state index in [0.29, 0.717) is 5.88 Å². The number of anilines is 1. The lowest BCUT2D eigenvalue weighted by molar-refractivity contribution is 0.396. The predicted molar refractivity (Wildman–Crippen MR) is 67.7 cm³/mol. The van der Waals surface area contributed by atoms with E-state index in [-0.39, 0.29) is 0 Å². The van der Waals surface area contributed by atoms with Gasteiger partial charge in [0.2, 0.25) is 5.88 Å². The average Bonchev–Trinajstić information content (AvgIpc) is 2.86. The molecule has 0 atom stereocenters. The van der Waals surface area contributed by atoms with E-state index in [2.05, 4.69) is 26.3 Å². The lowest BCUT2D eigenvalue weighted by Crippen LogP contribution is -2.30. The highest BCUT2D eigenvalue weighted by atomic mass is 32.1. The first-order valence-electron chi connectivity index (χ1n) is 5.53. The van der Waals surface area contributed by atoms with E-state index >= 15 is 0 Å². The summed E-state index contributed by atoms with van der Waals surface area (Å²) in [4.78, 5) is 12.1. The van der Waals surface area contributed by atoms with Crippen molar-refractivity contribution in [3.8, 4) is 5.88 Å². The van der Waals surface area contributed by atoms with Crippen LogP contribution >= 0.6 is 11.3 Å². The standard InChI is InChI=1S/C12H13N3OS/c1-16-12-6-11(13-8-14-12)15-4-2-10-9(7-15)3-5-17-10/h3,5-6,8H,2,4,7H2,1H3. The topological polar surface area (TPSA) is 38.2 Å². The van der Waals surface area contributed by atoms with Crippen molar-refractivity contribution in [3.63, 3.8) is 0 Å². The summed E-state index contributed by atoms with van der Waals surface area (Å²) >= 11 is 1.85. The van der Waals surface area contributed by atoms with Gasteiger partial charge < -0.3 is 9.64 Å². The highest BCUT2D eigenvalue weighted by Crippen LogP contribution is 2.27. The van der Waals surface area contributed by atoms with E-state index < -0.39 is 0 Å². The van der Waals surface area contributed by atoms with E-state index in [0.717, 1.165) is 25.3 Å². The smallest absolute Gasteiger partial charge is 0.218 e. The first kappa shape index (κ1) is 10.5. The molecule has 4 nitrogen and oxygen atoms in total. The molecule has 2 aromatic heterocycles. The zero-order chi connectivity index (χ0) is 11.7. The number of aromatic nitrogens is 2. The Hall–Kier alpha value is -1.62. The SMILES string of the molecule is COc1cc(N2CCc3sccc3C2)ncn1. The summed E-state index contributed by atoms with van der Waals surface area (Å²) < 4.78 is 5.12. The van der Waals surface area contributed by atoms with Crippen molar-refractivity contribution in [2.24, 2.45) is 0 Å². The van der Waals surface area contributed by atoms with E-state index in [4.69, 9.17) is 4.74 Å². The fourth-order valence-corrected chi connectivity index (χ4v) is 2.95. The van der Waals surface area contributed by atoms with Crippen molar-refractivity contribution < 1.29 is 4.74 Å². The Morgan fingerprint density at radius 1 is 1.41 bits per heavy atom. The van der Waals surface area contributed by atoms with Crippen molar-refractivity contribution in [2.45, 2.75) is 13.0 Å². The van der Waals surface area contributed by atoms with Crippen molar-refractivity contribution in [1.29, 1.82) is 0 Å². The summed E-state index contributed by atoms with van der Waals surface area (Å²) in [6, 6.07) is 4.09. The van der Waals surface area contributed by atoms with Gasteiger partial charge in [-0.2, -0.15) is 0 Å². The van der Waals surface area contributed by atoms with Gasteiger partial charge in [-0.3, -0.25) is 0 Å². The summed E-state index contributed by atoms with van der Waals surface area (Å²) in [6.45, 7) is 1.94. The number of rotatable bonds is 2. The third-order valence-electron chi connectivity index (χ3n) is 2.97. The van der Waals surface area contributed by atoms with Crippen LogP contribution in [0.4, 0.5) is 5.82 Å². The zero-order valence-electron chi connectivity index (χ0n) is 9.59. The molecule has 0 fully saturated rings. The monoisotopic (exact) mass is 247 g/mol. The number of ether oxygens (including phenoxy) is 1. The van der Waals surface area contributed by atoms with Gasteiger partial charge in [0.1, 0.15) is 12.1 Å². The Balaban J connectivity index is 1.86. The molecular weight excluding hydrogens is 234 g/mol. The summed E-state index contributed by atoms with van der Waals surface area (Å²) in [5, 5.41) is 2.16. The minimum absolute atomic E-state index is 0.617. The maximum absolute atomic E-state index is 5.12. The number of hydrogen-bond donors (Lipinski definition) is 0. The molecule has 0 N–H and O–H groups in total. The first-order valence-corrected chi connectivity index (χ1v) is 6.41. The van der Waals surface area contributed by atoms with Gasteiger partial charge in [-0.15, -0.1) is 11.3 Å². The molecule has 1 aliphatic rings. The summed E-state index contributed by atoms with van der Waals surface area (Å²) in [5.74, 6) is 1.56. The molecule has 17 heavy (non-hydrogen) atoms. The van der Waals surface area contributed by atoms with Crippen LogP contribution in [0.3, 0.4) is 0 Å². The van der Waals surface area contributed by atoms with Crippen LogP contribution in [0, 0.1) is 0 Å². The number of hydrogen-bond acceptors (Lipinski definition) is 5. The van der Waals surface area contributed by atoms with E-state index in [1.165, 1.54) is 10.4 Å². The lowest BCUT2D eigenvalue weighted by Gasteiger charge is -2.27. The molecule has 0 unspecified atom stereocenters. The molecule has 0 aromatic carbocycles. The molecule has 0 bridgehead atoms. The molecule has 88 valence electrons. The third-order valence-corrected chi connectivity index (χ3v) is 3.99. The van der Waals surface area contributed by atoms with Crippen LogP contribution in [0.15, 0.2) is 23.8 Å². The maximum atomic E-state index is 5.12. The van der Waals surface area contributed by atoms with Crippen molar-refractivity contribution in [2.75, 3.05) is 18.6 Å². The molecule has 5 heteroatoms. The zero-order valence-corrected chi connectivity index (χ0v) is 10.4. The molecular formula is C12H13N3OS. The van der Waals surface area contributed by atoms with Gasteiger partial charge in [-0.1, -0.05) is 0 Å². The van der Waals surface area contributed by atoms with Crippen molar-refractivity contribution in [1.82, 2.24) is 9.97 Å². The number of nitrogens with zero attached hydrogens (tertiary/aromatic N) is 3. The fourth-order valence-electron chi connectivity index (χ4n) is 2.06. The summed E-state index contributed by atoms with van der Waals surface area (Å²) in [5.41, 5.74) is 1.42. The van der Waals surface area contributed by atoms with Crippen LogP contribution < -0.4 is 9.64 Å². The lowest BCUT2D eigenvalue weighted by atomic mass is 10.1. The molecule has 1 aliphatic heterocycles. The molecule has 0 aliphatic carbocycles. The quantitative estimate of drug-likeness (QED) is 0.814. The number of thiophene rings is 1. The molecule has 0 saturated carbocycles.